The first-order valence-electron chi connectivity index (χ1n) is 5.97. The Morgan fingerprint density at radius 1 is 1.50 bits per heavy atom. The van der Waals surface area contributed by atoms with E-state index in [0.717, 1.165) is 24.1 Å². The molecule has 1 aliphatic carbocycles. The van der Waals surface area contributed by atoms with Crippen molar-refractivity contribution in [3.8, 4) is 11.4 Å². The van der Waals surface area contributed by atoms with Crippen LogP contribution in [0.15, 0.2) is 24.5 Å². The van der Waals surface area contributed by atoms with Crippen LogP contribution < -0.4 is 0 Å². The molecule has 92 valence electrons. The first-order chi connectivity index (χ1) is 8.75. The number of aryl methyl sites for hydroxylation is 1. The number of aromatic amines is 1. The van der Waals surface area contributed by atoms with Crippen LogP contribution >= 0.6 is 0 Å². The Kier molecular flexibility index (Phi) is 2.59. The van der Waals surface area contributed by atoms with E-state index in [-0.39, 0.29) is 0 Å². The van der Waals surface area contributed by atoms with E-state index < -0.39 is 11.9 Å². The van der Waals surface area contributed by atoms with Gasteiger partial charge < -0.3 is 10.1 Å². The number of hydrogen-bond donors (Lipinski definition) is 2. The summed E-state index contributed by atoms with van der Waals surface area (Å²) in [5.74, 6) is -0.558. The second kappa shape index (κ2) is 4.25. The normalized spacial score (nSPS) is 18.3. The molecule has 2 aromatic heterocycles. The fourth-order valence-electron chi connectivity index (χ4n) is 2.40. The molecule has 1 atom stereocenters. The van der Waals surface area contributed by atoms with Crippen LogP contribution in [0.4, 0.5) is 0 Å². The maximum atomic E-state index is 11.2. The summed E-state index contributed by atoms with van der Waals surface area (Å²) in [5, 5.41) is 9.20. The SMILES string of the molecule is O=C(O)C1CCCc2[nH]c(-c3cccnc3)nc21. The summed E-state index contributed by atoms with van der Waals surface area (Å²) in [6.07, 6.45) is 5.84. The first-order valence-corrected chi connectivity index (χ1v) is 5.97. The van der Waals surface area contributed by atoms with Gasteiger partial charge in [0.1, 0.15) is 11.7 Å². The molecule has 0 aromatic carbocycles. The lowest BCUT2D eigenvalue weighted by atomic mass is 9.90. The van der Waals surface area contributed by atoms with Gasteiger partial charge in [0.05, 0.1) is 5.69 Å². The second-order valence-corrected chi connectivity index (χ2v) is 4.47. The van der Waals surface area contributed by atoms with E-state index in [2.05, 4.69) is 15.0 Å². The number of fused-ring (bicyclic) bond motifs is 1. The lowest BCUT2D eigenvalue weighted by Gasteiger charge is -2.16. The molecule has 2 N–H and O–H groups in total. The Bertz CT molecular complexity index is 577. The van der Waals surface area contributed by atoms with Gasteiger partial charge in [0.25, 0.3) is 0 Å². The van der Waals surface area contributed by atoms with Crippen LogP contribution in [0.2, 0.25) is 0 Å². The molecule has 0 bridgehead atoms. The number of nitrogens with zero attached hydrogens (tertiary/aromatic N) is 2. The van der Waals surface area contributed by atoms with Gasteiger partial charge in [0, 0.05) is 23.7 Å². The summed E-state index contributed by atoms with van der Waals surface area (Å²) in [4.78, 5) is 22.9. The lowest BCUT2D eigenvalue weighted by molar-refractivity contribution is -0.139. The van der Waals surface area contributed by atoms with Crippen molar-refractivity contribution in [3.05, 3.63) is 35.9 Å². The van der Waals surface area contributed by atoms with Gasteiger partial charge >= 0.3 is 5.97 Å². The zero-order valence-corrected chi connectivity index (χ0v) is 9.76. The van der Waals surface area contributed by atoms with E-state index in [1.807, 2.05) is 12.1 Å². The summed E-state index contributed by atoms with van der Waals surface area (Å²) in [6.45, 7) is 0. The minimum atomic E-state index is -0.791. The van der Waals surface area contributed by atoms with Crippen LogP contribution in [0.3, 0.4) is 0 Å². The van der Waals surface area contributed by atoms with Gasteiger partial charge in [-0.1, -0.05) is 0 Å². The van der Waals surface area contributed by atoms with E-state index >= 15 is 0 Å². The van der Waals surface area contributed by atoms with Gasteiger partial charge in [-0.05, 0) is 31.4 Å². The highest BCUT2D eigenvalue weighted by molar-refractivity contribution is 5.76. The largest absolute Gasteiger partial charge is 0.481 e. The number of carbonyl (C=O) groups is 1. The summed E-state index contributed by atoms with van der Waals surface area (Å²) >= 11 is 0. The van der Waals surface area contributed by atoms with Crippen molar-refractivity contribution in [2.24, 2.45) is 0 Å². The van der Waals surface area contributed by atoms with Crippen LogP contribution in [0, 0.1) is 0 Å². The van der Waals surface area contributed by atoms with E-state index in [9.17, 15) is 9.90 Å². The molecule has 1 aliphatic rings. The fraction of sp³-hybridized carbons (Fsp3) is 0.308. The highest BCUT2D eigenvalue weighted by atomic mass is 16.4. The number of imidazole rings is 1. The van der Waals surface area contributed by atoms with Crippen molar-refractivity contribution in [2.45, 2.75) is 25.2 Å². The molecule has 0 spiro atoms. The van der Waals surface area contributed by atoms with Gasteiger partial charge in [0.15, 0.2) is 0 Å². The Morgan fingerprint density at radius 2 is 2.39 bits per heavy atom. The molecule has 5 heteroatoms. The van der Waals surface area contributed by atoms with E-state index in [1.165, 1.54) is 0 Å². The van der Waals surface area contributed by atoms with Crippen molar-refractivity contribution in [1.29, 1.82) is 0 Å². The third-order valence-corrected chi connectivity index (χ3v) is 3.29. The molecule has 0 saturated carbocycles. The summed E-state index contributed by atoms with van der Waals surface area (Å²) in [5.41, 5.74) is 2.52. The standard InChI is InChI=1S/C13H13N3O2/c17-13(18)9-4-1-5-10-11(9)16-12(15-10)8-3-2-6-14-7-8/h2-3,6-7,9H,1,4-5H2,(H,15,16)(H,17,18). The molecule has 0 amide bonds. The van der Waals surface area contributed by atoms with Crippen LogP contribution in [0.1, 0.15) is 30.1 Å². The predicted molar refractivity (Wildman–Crippen MR) is 65.1 cm³/mol. The number of aromatic nitrogens is 3. The number of H-pyrrole nitrogens is 1. The average molecular weight is 243 g/mol. The summed E-state index contributed by atoms with van der Waals surface area (Å²) in [7, 11) is 0. The minimum Gasteiger partial charge on any atom is -0.481 e. The van der Waals surface area contributed by atoms with Crippen molar-refractivity contribution in [3.63, 3.8) is 0 Å². The molecule has 0 fully saturated rings. The van der Waals surface area contributed by atoms with Crippen molar-refractivity contribution in [1.82, 2.24) is 15.0 Å². The lowest BCUT2D eigenvalue weighted by Crippen LogP contribution is -2.17. The molecular formula is C13H13N3O2. The number of hydrogen-bond acceptors (Lipinski definition) is 3. The van der Waals surface area contributed by atoms with Gasteiger partial charge in [-0.2, -0.15) is 0 Å². The first kappa shape index (κ1) is 11.0. The number of aliphatic carboxylic acids is 1. The molecule has 0 radical (unpaired) electrons. The summed E-state index contributed by atoms with van der Waals surface area (Å²) in [6, 6.07) is 3.75. The van der Waals surface area contributed by atoms with Crippen molar-refractivity contribution < 1.29 is 9.90 Å². The van der Waals surface area contributed by atoms with Crippen LogP contribution in [0.25, 0.3) is 11.4 Å². The Balaban J connectivity index is 2.04. The molecule has 2 heterocycles. The Labute approximate surface area is 104 Å². The number of carboxylic acids is 1. The molecular weight excluding hydrogens is 230 g/mol. The van der Waals surface area contributed by atoms with Gasteiger partial charge in [-0.3, -0.25) is 9.78 Å². The molecule has 2 aromatic rings. The zero-order valence-electron chi connectivity index (χ0n) is 9.76. The highest BCUT2D eigenvalue weighted by Gasteiger charge is 2.29. The summed E-state index contributed by atoms with van der Waals surface area (Å²) < 4.78 is 0. The third kappa shape index (κ3) is 1.77. The van der Waals surface area contributed by atoms with Crippen LogP contribution in [-0.4, -0.2) is 26.0 Å². The monoisotopic (exact) mass is 243 g/mol. The smallest absolute Gasteiger partial charge is 0.312 e. The van der Waals surface area contributed by atoms with Gasteiger partial charge in [-0.25, -0.2) is 4.98 Å². The molecule has 1 unspecified atom stereocenters. The molecule has 18 heavy (non-hydrogen) atoms. The third-order valence-electron chi connectivity index (χ3n) is 3.29. The maximum Gasteiger partial charge on any atom is 0.312 e. The molecule has 5 nitrogen and oxygen atoms in total. The topological polar surface area (TPSA) is 78.9 Å². The zero-order chi connectivity index (χ0) is 12.5. The van der Waals surface area contributed by atoms with E-state index in [4.69, 9.17) is 0 Å². The Hall–Kier alpha value is -2.17. The minimum absolute atomic E-state index is 0.476. The van der Waals surface area contributed by atoms with Gasteiger partial charge in [-0.15, -0.1) is 0 Å². The van der Waals surface area contributed by atoms with E-state index in [0.29, 0.717) is 17.9 Å². The van der Waals surface area contributed by atoms with E-state index in [1.54, 1.807) is 12.4 Å². The van der Waals surface area contributed by atoms with Crippen LogP contribution in [0.5, 0.6) is 0 Å². The van der Waals surface area contributed by atoms with Crippen molar-refractivity contribution >= 4 is 5.97 Å². The number of pyridine rings is 1. The van der Waals surface area contributed by atoms with Crippen molar-refractivity contribution in [2.75, 3.05) is 0 Å². The van der Waals surface area contributed by atoms with Crippen LogP contribution in [-0.2, 0) is 11.2 Å². The maximum absolute atomic E-state index is 11.2. The highest BCUT2D eigenvalue weighted by Crippen LogP contribution is 2.32. The molecule has 0 saturated heterocycles. The molecule has 3 rings (SSSR count). The second-order valence-electron chi connectivity index (χ2n) is 4.47. The predicted octanol–water partition coefficient (Wildman–Crippen LogP) is 1.98. The quantitative estimate of drug-likeness (QED) is 0.845. The average Bonchev–Trinajstić information content (AvgIpc) is 2.83. The van der Waals surface area contributed by atoms with Gasteiger partial charge in [0.2, 0.25) is 0 Å². The number of carboxylic acid groups (broad SMARTS) is 1. The Morgan fingerprint density at radius 3 is 3.11 bits per heavy atom. The number of nitrogens with one attached hydrogen (secondary N) is 1. The fourth-order valence-corrected chi connectivity index (χ4v) is 2.40. The molecule has 0 aliphatic heterocycles. The number of rotatable bonds is 2.